The Hall–Kier alpha value is -1.19. The number of carbonyl (C=O) groups is 1. The summed E-state index contributed by atoms with van der Waals surface area (Å²) in [5.74, 6) is 0.820. The zero-order valence-electron chi connectivity index (χ0n) is 16.7. The molecule has 29 heavy (non-hydrogen) atoms. The minimum atomic E-state index is -0.00746. The molecule has 3 aromatic rings. The molecule has 158 valence electrons. The van der Waals surface area contributed by atoms with E-state index >= 15 is 0 Å². The number of thiophene rings is 1. The summed E-state index contributed by atoms with van der Waals surface area (Å²) in [6, 6.07) is 9.65. The van der Waals surface area contributed by atoms with E-state index in [-0.39, 0.29) is 18.3 Å². The number of rotatable bonds is 9. The van der Waals surface area contributed by atoms with Gasteiger partial charge in [-0.1, -0.05) is 25.2 Å². The molecule has 0 radical (unpaired) electrons. The van der Waals surface area contributed by atoms with Gasteiger partial charge in [-0.3, -0.25) is 9.69 Å². The molecule has 0 saturated carbocycles. The number of fused-ring (bicyclic) bond motifs is 1. The average Bonchev–Trinajstić information content (AvgIpc) is 3.31. The van der Waals surface area contributed by atoms with Crippen molar-refractivity contribution in [2.45, 2.75) is 20.8 Å². The van der Waals surface area contributed by atoms with E-state index in [0.717, 1.165) is 44.5 Å². The average molecular weight is 519 g/mol. The van der Waals surface area contributed by atoms with E-state index in [1.54, 1.807) is 0 Å². The Morgan fingerprint density at radius 3 is 2.48 bits per heavy atom. The Bertz CT molecular complexity index is 943. The third-order valence-electron chi connectivity index (χ3n) is 4.45. The SMILES string of the molecule is CCOc1ccc2nc(N(CCN(CC)CC)C(=O)c3ccc(Br)s3)sc2c1.Cl. The molecule has 0 aliphatic rings. The number of thiazole rings is 1. The molecule has 0 aliphatic carbocycles. The Balaban J connectivity index is 0.00000300. The van der Waals surface area contributed by atoms with E-state index < -0.39 is 0 Å². The van der Waals surface area contributed by atoms with Crippen LogP contribution < -0.4 is 9.64 Å². The molecule has 0 spiro atoms. The predicted octanol–water partition coefficient (Wildman–Crippen LogP) is 5.93. The zero-order chi connectivity index (χ0) is 20.1. The van der Waals surface area contributed by atoms with E-state index in [1.807, 2.05) is 42.2 Å². The van der Waals surface area contributed by atoms with E-state index in [2.05, 4.69) is 34.7 Å². The highest BCUT2D eigenvalue weighted by molar-refractivity contribution is 9.11. The fourth-order valence-corrected chi connectivity index (χ4v) is 5.25. The van der Waals surface area contributed by atoms with Crippen molar-refractivity contribution in [2.24, 2.45) is 0 Å². The van der Waals surface area contributed by atoms with Crippen LogP contribution in [0.25, 0.3) is 10.2 Å². The lowest BCUT2D eigenvalue weighted by Crippen LogP contribution is -2.38. The molecule has 5 nitrogen and oxygen atoms in total. The Labute approximate surface area is 194 Å². The maximum absolute atomic E-state index is 13.2. The first-order chi connectivity index (χ1) is 13.5. The van der Waals surface area contributed by atoms with Gasteiger partial charge in [-0.05, 0) is 66.3 Å². The predicted molar refractivity (Wildman–Crippen MR) is 130 cm³/mol. The van der Waals surface area contributed by atoms with Gasteiger partial charge in [-0.15, -0.1) is 23.7 Å². The Kier molecular flexibility index (Phi) is 9.36. The molecule has 0 atom stereocenters. The van der Waals surface area contributed by atoms with Crippen molar-refractivity contribution < 1.29 is 9.53 Å². The summed E-state index contributed by atoms with van der Waals surface area (Å²) in [6.07, 6.45) is 0. The minimum Gasteiger partial charge on any atom is -0.494 e. The summed E-state index contributed by atoms with van der Waals surface area (Å²) in [7, 11) is 0. The van der Waals surface area contributed by atoms with Gasteiger partial charge in [0.1, 0.15) is 5.75 Å². The summed E-state index contributed by atoms with van der Waals surface area (Å²) in [5, 5.41) is 0.727. The van der Waals surface area contributed by atoms with Crippen LogP contribution in [0.2, 0.25) is 0 Å². The summed E-state index contributed by atoms with van der Waals surface area (Å²) in [4.78, 5) is 22.8. The van der Waals surface area contributed by atoms with E-state index in [1.165, 1.54) is 22.7 Å². The van der Waals surface area contributed by atoms with Gasteiger partial charge in [0.05, 0.1) is 25.5 Å². The van der Waals surface area contributed by atoms with Crippen LogP contribution in [0.1, 0.15) is 30.4 Å². The van der Waals surface area contributed by atoms with Crippen molar-refractivity contribution in [1.29, 1.82) is 0 Å². The van der Waals surface area contributed by atoms with Crippen LogP contribution in [0.15, 0.2) is 34.1 Å². The number of nitrogens with zero attached hydrogens (tertiary/aromatic N) is 3. The molecule has 2 aromatic heterocycles. The third kappa shape index (κ3) is 5.92. The second-order valence-electron chi connectivity index (χ2n) is 6.15. The molecule has 0 unspecified atom stereocenters. The number of likely N-dealkylation sites (N-methyl/N-ethyl adjacent to an activating group) is 1. The number of aromatic nitrogens is 1. The first-order valence-electron chi connectivity index (χ1n) is 9.38. The molecule has 0 N–H and O–H groups in total. The summed E-state index contributed by atoms with van der Waals surface area (Å²) >= 11 is 6.43. The van der Waals surface area contributed by atoms with Gasteiger partial charge in [0.15, 0.2) is 5.13 Å². The Morgan fingerprint density at radius 2 is 1.86 bits per heavy atom. The monoisotopic (exact) mass is 517 g/mol. The van der Waals surface area contributed by atoms with Crippen molar-refractivity contribution in [2.75, 3.05) is 37.7 Å². The summed E-state index contributed by atoms with van der Waals surface area (Å²) in [5.41, 5.74) is 0.886. The number of hydrogen-bond donors (Lipinski definition) is 0. The lowest BCUT2D eigenvalue weighted by molar-refractivity contribution is 0.0987. The lowest BCUT2D eigenvalue weighted by Gasteiger charge is -2.24. The maximum Gasteiger partial charge on any atom is 0.270 e. The molecule has 1 aromatic carbocycles. The van der Waals surface area contributed by atoms with E-state index in [0.29, 0.717) is 18.0 Å². The van der Waals surface area contributed by atoms with Crippen molar-refractivity contribution in [3.63, 3.8) is 0 Å². The maximum atomic E-state index is 13.2. The molecule has 0 saturated heterocycles. The van der Waals surface area contributed by atoms with Crippen LogP contribution in [0, 0.1) is 0 Å². The smallest absolute Gasteiger partial charge is 0.270 e. The van der Waals surface area contributed by atoms with Crippen molar-refractivity contribution in [3.8, 4) is 5.75 Å². The Morgan fingerprint density at radius 1 is 1.10 bits per heavy atom. The molecule has 1 amide bonds. The first-order valence-corrected chi connectivity index (χ1v) is 11.8. The van der Waals surface area contributed by atoms with Gasteiger partial charge in [-0.2, -0.15) is 0 Å². The molecule has 0 aliphatic heterocycles. The van der Waals surface area contributed by atoms with Crippen molar-refractivity contribution in [3.05, 3.63) is 39.0 Å². The second kappa shape index (κ2) is 11.3. The number of halogens is 2. The lowest BCUT2D eigenvalue weighted by atomic mass is 10.3. The summed E-state index contributed by atoms with van der Waals surface area (Å²) < 4.78 is 7.57. The van der Waals surface area contributed by atoms with Gasteiger partial charge >= 0.3 is 0 Å². The van der Waals surface area contributed by atoms with Crippen LogP contribution in [0.3, 0.4) is 0 Å². The highest BCUT2D eigenvalue weighted by Crippen LogP contribution is 2.33. The van der Waals surface area contributed by atoms with Gasteiger partial charge < -0.3 is 9.64 Å². The zero-order valence-corrected chi connectivity index (χ0v) is 20.7. The molecule has 9 heteroatoms. The fourth-order valence-electron chi connectivity index (χ4n) is 2.89. The number of anilines is 1. The molecule has 2 heterocycles. The quantitative estimate of drug-likeness (QED) is 0.352. The standard InChI is InChI=1S/C20H24BrN3O2S2.ClH/c1-4-23(5-2)11-12-24(19(25)16-9-10-18(21)27-16)20-22-15-8-7-14(26-6-3)13-17(15)28-20;/h7-10,13H,4-6,11-12H2,1-3H3;1H. The molecular formula is C20H25BrClN3O2S2. The number of ether oxygens (including phenoxy) is 1. The fraction of sp³-hybridized carbons (Fsp3) is 0.400. The van der Waals surface area contributed by atoms with E-state index in [9.17, 15) is 4.79 Å². The number of benzene rings is 1. The highest BCUT2D eigenvalue weighted by Gasteiger charge is 2.23. The normalized spacial score (nSPS) is 10.9. The largest absolute Gasteiger partial charge is 0.494 e. The third-order valence-corrected chi connectivity index (χ3v) is 7.11. The number of amides is 1. The number of hydrogen-bond acceptors (Lipinski definition) is 6. The molecule has 3 rings (SSSR count). The van der Waals surface area contributed by atoms with Crippen molar-refractivity contribution in [1.82, 2.24) is 9.88 Å². The van der Waals surface area contributed by atoms with Gasteiger partial charge in [0, 0.05) is 13.1 Å². The van der Waals surface area contributed by atoms with Crippen molar-refractivity contribution >= 4 is 72.3 Å². The van der Waals surface area contributed by atoms with Crippen LogP contribution in [0.4, 0.5) is 5.13 Å². The van der Waals surface area contributed by atoms with Gasteiger partial charge in [0.25, 0.3) is 5.91 Å². The summed E-state index contributed by atoms with van der Waals surface area (Å²) in [6.45, 7) is 10.2. The first kappa shape index (κ1) is 24.1. The van der Waals surface area contributed by atoms with Crippen LogP contribution >= 0.6 is 51.0 Å². The van der Waals surface area contributed by atoms with Crippen LogP contribution in [0.5, 0.6) is 5.75 Å². The highest BCUT2D eigenvalue weighted by atomic mass is 79.9. The second-order valence-corrected chi connectivity index (χ2v) is 9.62. The van der Waals surface area contributed by atoms with Gasteiger partial charge in [0.2, 0.25) is 0 Å². The molecular weight excluding hydrogens is 494 g/mol. The number of carbonyl (C=O) groups excluding carboxylic acids is 1. The molecule has 0 fully saturated rings. The van der Waals surface area contributed by atoms with Crippen LogP contribution in [-0.2, 0) is 0 Å². The van der Waals surface area contributed by atoms with E-state index in [4.69, 9.17) is 9.72 Å². The minimum absolute atomic E-state index is 0. The molecule has 0 bridgehead atoms. The van der Waals surface area contributed by atoms with Gasteiger partial charge in [-0.25, -0.2) is 4.98 Å². The van der Waals surface area contributed by atoms with Crippen LogP contribution in [-0.4, -0.2) is 48.6 Å². The topological polar surface area (TPSA) is 45.7 Å².